The molecule has 0 fully saturated rings. The molecule has 0 radical (unpaired) electrons. The van der Waals surface area contributed by atoms with Gasteiger partial charge in [-0.3, -0.25) is 4.98 Å². The van der Waals surface area contributed by atoms with Gasteiger partial charge in [0.1, 0.15) is 18.4 Å². The van der Waals surface area contributed by atoms with Crippen molar-refractivity contribution in [3.8, 4) is 0 Å². The van der Waals surface area contributed by atoms with E-state index in [1.807, 2.05) is 6.20 Å². The molecular weight excluding hydrogens is 323 g/mol. The molecule has 0 saturated heterocycles. The minimum atomic E-state index is 0. The summed E-state index contributed by atoms with van der Waals surface area (Å²) in [5, 5.41) is 0. The maximum Gasteiger partial charge on any atom is 0.241 e. The quantitative estimate of drug-likeness (QED) is 0.390. The van der Waals surface area contributed by atoms with Crippen LogP contribution in [0.15, 0.2) is 18.7 Å². The lowest BCUT2D eigenvalue weighted by molar-refractivity contribution is -0.723. The van der Waals surface area contributed by atoms with E-state index in [1.165, 1.54) is 51.4 Å². The highest BCUT2D eigenvalue weighted by atomic mass is 127. The molecule has 1 aromatic rings. The molecule has 2 nitrogen and oxygen atoms in total. The van der Waals surface area contributed by atoms with Crippen LogP contribution in [0.1, 0.15) is 71.3 Å². The first-order valence-electron chi connectivity index (χ1n) is 6.92. The fraction of sp³-hybridized carbons (Fsp3) is 0.786. The normalized spacial score (nSPS) is 12.1. The van der Waals surface area contributed by atoms with Crippen molar-refractivity contribution in [2.24, 2.45) is 0 Å². The van der Waals surface area contributed by atoms with Crippen LogP contribution in [0.5, 0.6) is 0 Å². The third-order valence-corrected chi connectivity index (χ3v) is 3.25. The number of halogens is 1. The van der Waals surface area contributed by atoms with Crippen molar-refractivity contribution in [2.75, 3.05) is 0 Å². The Balaban J connectivity index is 0.00000256. The van der Waals surface area contributed by atoms with Crippen LogP contribution in [-0.4, -0.2) is 4.98 Å². The Kier molecular flexibility index (Phi) is 11.0. The second kappa shape index (κ2) is 11.1. The minimum Gasteiger partial charge on any atom is -1.00 e. The molecule has 0 aromatic carbocycles. The van der Waals surface area contributed by atoms with E-state index in [1.54, 1.807) is 0 Å². The second-order valence-corrected chi connectivity index (χ2v) is 4.70. The lowest BCUT2D eigenvalue weighted by Gasteiger charge is -2.12. The summed E-state index contributed by atoms with van der Waals surface area (Å²) in [6, 6.07) is 0.706. The van der Waals surface area contributed by atoms with Crippen molar-refractivity contribution in [1.82, 2.24) is 4.98 Å². The van der Waals surface area contributed by atoms with Gasteiger partial charge < -0.3 is 24.0 Å². The summed E-state index contributed by atoms with van der Waals surface area (Å²) in [4.78, 5) is 3.14. The molecule has 1 heterocycles. The number of hydrogen-bond acceptors (Lipinski definition) is 0. The van der Waals surface area contributed by atoms with Gasteiger partial charge >= 0.3 is 0 Å². The van der Waals surface area contributed by atoms with E-state index in [9.17, 15) is 0 Å². The molecule has 1 rings (SSSR count). The van der Waals surface area contributed by atoms with Gasteiger partial charge in [0.2, 0.25) is 6.33 Å². The number of aromatic amines is 1. The largest absolute Gasteiger partial charge is 1.00 e. The summed E-state index contributed by atoms with van der Waals surface area (Å²) in [6.45, 7) is 4.55. The van der Waals surface area contributed by atoms with E-state index in [-0.39, 0.29) is 24.0 Å². The number of unbranched alkanes of at least 4 members (excludes halogenated alkanes) is 4. The minimum absolute atomic E-state index is 0. The molecule has 0 spiro atoms. The number of aromatic nitrogens is 2. The van der Waals surface area contributed by atoms with Gasteiger partial charge in [0.05, 0.1) is 0 Å². The molecule has 0 aliphatic rings. The predicted octanol–water partition coefficient (Wildman–Crippen LogP) is 1.01. The first-order valence-corrected chi connectivity index (χ1v) is 6.92. The van der Waals surface area contributed by atoms with Gasteiger partial charge in [0.25, 0.3) is 0 Å². The standard InChI is InChI=1S/C14H26N2.HI/c1-3-5-6-7-8-10-14(9-4-2)16-12-11-15-13-16;/h11-14H,3-10H2,1-2H3;1H. The molecule has 1 unspecified atom stereocenters. The molecule has 17 heavy (non-hydrogen) atoms. The van der Waals surface area contributed by atoms with Crippen LogP contribution >= 0.6 is 0 Å². The van der Waals surface area contributed by atoms with E-state index in [0.29, 0.717) is 6.04 Å². The monoisotopic (exact) mass is 350 g/mol. The SMILES string of the molecule is CCCCCCCC(CCC)[n+]1cc[nH]c1.[I-]. The molecule has 0 aliphatic heterocycles. The summed E-state index contributed by atoms with van der Waals surface area (Å²) >= 11 is 0. The van der Waals surface area contributed by atoms with Gasteiger partial charge in [0, 0.05) is 0 Å². The molecule has 0 aliphatic carbocycles. The molecule has 3 heteroatoms. The van der Waals surface area contributed by atoms with Crippen LogP contribution in [0.3, 0.4) is 0 Å². The molecule has 1 atom stereocenters. The molecule has 0 amide bonds. The lowest BCUT2D eigenvalue weighted by atomic mass is 10.0. The topological polar surface area (TPSA) is 19.7 Å². The smallest absolute Gasteiger partial charge is 0.241 e. The molecule has 1 N–H and O–H groups in total. The summed E-state index contributed by atoms with van der Waals surface area (Å²) in [5.74, 6) is 0. The summed E-state index contributed by atoms with van der Waals surface area (Å²) in [6.07, 6.45) is 17.1. The summed E-state index contributed by atoms with van der Waals surface area (Å²) < 4.78 is 2.34. The fourth-order valence-corrected chi connectivity index (χ4v) is 2.29. The van der Waals surface area contributed by atoms with Crippen LogP contribution in [0, 0.1) is 0 Å². The highest BCUT2D eigenvalue weighted by Gasteiger charge is 2.13. The lowest BCUT2D eigenvalue weighted by Crippen LogP contribution is -3.00. The highest BCUT2D eigenvalue weighted by Crippen LogP contribution is 2.16. The van der Waals surface area contributed by atoms with Crippen LogP contribution in [0.25, 0.3) is 0 Å². The third kappa shape index (κ3) is 7.06. The highest BCUT2D eigenvalue weighted by molar-refractivity contribution is 4.60. The Hall–Kier alpha value is -0.0600. The number of nitrogens with one attached hydrogen (secondary N) is 1. The van der Waals surface area contributed by atoms with E-state index in [2.05, 4.69) is 35.9 Å². The first kappa shape index (κ1) is 16.9. The van der Waals surface area contributed by atoms with Crippen molar-refractivity contribution in [3.63, 3.8) is 0 Å². The first-order chi connectivity index (χ1) is 7.88. The van der Waals surface area contributed by atoms with Crippen LogP contribution < -0.4 is 28.5 Å². The van der Waals surface area contributed by atoms with Crippen molar-refractivity contribution in [3.05, 3.63) is 18.7 Å². The predicted molar refractivity (Wildman–Crippen MR) is 68.3 cm³/mol. The molecular formula is C14H27IN2. The van der Waals surface area contributed by atoms with Crippen LogP contribution in [0.4, 0.5) is 0 Å². The Morgan fingerprint density at radius 1 is 1.00 bits per heavy atom. The zero-order valence-electron chi connectivity index (χ0n) is 11.3. The third-order valence-electron chi connectivity index (χ3n) is 3.25. The number of hydrogen-bond donors (Lipinski definition) is 1. The Morgan fingerprint density at radius 3 is 2.35 bits per heavy atom. The van der Waals surface area contributed by atoms with Crippen LogP contribution in [0.2, 0.25) is 0 Å². The van der Waals surface area contributed by atoms with Crippen molar-refractivity contribution < 1.29 is 28.5 Å². The molecule has 0 saturated carbocycles. The van der Waals surface area contributed by atoms with E-state index in [0.717, 1.165) is 0 Å². The number of H-pyrrole nitrogens is 1. The van der Waals surface area contributed by atoms with Gasteiger partial charge in [-0.05, 0) is 19.3 Å². The van der Waals surface area contributed by atoms with E-state index < -0.39 is 0 Å². The van der Waals surface area contributed by atoms with Crippen molar-refractivity contribution in [1.29, 1.82) is 0 Å². The molecule has 1 aromatic heterocycles. The maximum atomic E-state index is 3.14. The van der Waals surface area contributed by atoms with Gasteiger partial charge in [-0.25, -0.2) is 4.57 Å². The maximum absolute atomic E-state index is 3.14. The molecule has 100 valence electrons. The Bertz CT molecular complexity index is 247. The number of rotatable bonds is 9. The average molecular weight is 350 g/mol. The number of imidazole rings is 1. The summed E-state index contributed by atoms with van der Waals surface area (Å²) in [7, 11) is 0. The van der Waals surface area contributed by atoms with Gasteiger partial charge in [-0.1, -0.05) is 46.0 Å². The Morgan fingerprint density at radius 2 is 1.76 bits per heavy atom. The molecule has 0 bridgehead atoms. The average Bonchev–Trinajstić information content (AvgIpc) is 2.81. The van der Waals surface area contributed by atoms with Crippen molar-refractivity contribution >= 4 is 0 Å². The van der Waals surface area contributed by atoms with Gasteiger partial charge in [0.15, 0.2) is 0 Å². The van der Waals surface area contributed by atoms with Crippen molar-refractivity contribution in [2.45, 2.75) is 71.3 Å². The van der Waals surface area contributed by atoms with Crippen LogP contribution in [-0.2, 0) is 0 Å². The zero-order valence-corrected chi connectivity index (χ0v) is 13.4. The van der Waals surface area contributed by atoms with E-state index >= 15 is 0 Å². The van der Waals surface area contributed by atoms with E-state index in [4.69, 9.17) is 0 Å². The van der Waals surface area contributed by atoms with Gasteiger partial charge in [-0.15, -0.1) is 0 Å². The zero-order chi connectivity index (χ0) is 11.6. The summed E-state index contributed by atoms with van der Waals surface area (Å²) in [5.41, 5.74) is 0. The fourth-order valence-electron chi connectivity index (χ4n) is 2.29. The Labute approximate surface area is 123 Å². The second-order valence-electron chi connectivity index (χ2n) is 4.70. The number of nitrogens with zero attached hydrogens (tertiary/aromatic N) is 1. The van der Waals surface area contributed by atoms with Gasteiger partial charge in [-0.2, -0.15) is 0 Å².